The average Bonchev–Trinajstić information content (AvgIpc) is 2.90. The molecule has 2 aromatic carbocycles. The molecule has 0 saturated carbocycles. The number of rotatable bonds is 6. The van der Waals surface area contributed by atoms with Gasteiger partial charge in [0.25, 0.3) is 5.91 Å². The minimum Gasteiger partial charge on any atom is -0.493 e. The van der Waals surface area contributed by atoms with Crippen LogP contribution in [-0.2, 0) is 20.8 Å². The molecule has 9 nitrogen and oxygen atoms in total. The predicted molar refractivity (Wildman–Crippen MR) is 145 cm³/mol. The fraction of sp³-hybridized carbons (Fsp3) is 0.448. The Bertz CT molecular complexity index is 1140. The summed E-state index contributed by atoms with van der Waals surface area (Å²) in [4.78, 5) is 51.8. The molecular weight excluding hydrogens is 503 g/mol. The number of carbonyl (C=O) groups excluding carboxylic acids is 4. The van der Waals surface area contributed by atoms with E-state index in [1.54, 1.807) is 36.4 Å². The monoisotopic (exact) mass is 540 g/mol. The van der Waals surface area contributed by atoms with E-state index in [2.05, 4.69) is 21.3 Å². The van der Waals surface area contributed by atoms with Crippen molar-refractivity contribution in [1.82, 2.24) is 21.3 Å². The van der Waals surface area contributed by atoms with E-state index in [-0.39, 0.29) is 55.1 Å². The smallest absolute Gasteiger partial charge is 0.255 e. The number of benzene rings is 2. The predicted octanol–water partition coefficient (Wildman–Crippen LogP) is 2.49. The highest BCUT2D eigenvalue weighted by Gasteiger charge is 2.26. The Morgan fingerprint density at radius 2 is 1.82 bits per heavy atom. The van der Waals surface area contributed by atoms with Gasteiger partial charge in [-0.3, -0.25) is 19.2 Å². The van der Waals surface area contributed by atoms with Crippen LogP contribution >= 0.6 is 0 Å². The molecule has 1 aliphatic heterocycles. The van der Waals surface area contributed by atoms with Gasteiger partial charge in [0.2, 0.25) is 17.7 Å². The van der Waals surface area contributed by atoms with Crippen molar-refractivity contribution in [2.24, 2.45) is 5.92 Å². The first-order valence-electron chi connectivity index (χ1n) is 13.3. The van der Waals surface area contributed by atoms with Crippen LogP contribution in [0.15, 0.2) is 48.5 Å². The quantitative estimate of drug-likeness (QED) is 0.448. The van der Waals surface area contributed by atoms with Gasteiger partial charge in [-0.2, -0.15) is 0 Å². The lowest BCUT2D eigenvalue weighted by Crippen LogP contribution is -2.50. The van der Waals surface area contributed by atoms with Crippen molar-refractivity contribution in [2.45, 2.75) is 58.0 Å². The van der Waals surface area contributed by atoms with E-state index >= 15 is 0 Å². The van der Waals surface area contributed by atoms with Gasteiger partial charge in [-0.1, -0.05) is 38.1 Å². The highest BCUT2D eigenvalue weighted by Crippen LogP contribution is 2.19. The molecule has 0 fully saturated rings. The molecule has 210 valence electrons. The van der Waals surface area contributed by atoms with Crippen molar-refractivity contribution in [3.63, 3.8) is 0 Å². The van der Waals surface area contributed by atoms with Crippen molar-refractivity contribution < 1.29 is 28.3 Å². The molecule has 0 radical (unpaired) electrons. The lowest BCUT2D eigenvalue weighted by Gasteiger charge is -2.22. The van der Waals surface area contributed by atoms with Crippen LogP contribution in [0.5, 0.6) is 5.75 Å². The van der Waals surface area contributed by atoms with Crippen LogP contribution in [0.4, 0.5) is 4.39 Å². The van der Waals surface area contributed by atoms with Gasteiger partial charge >= 0.3 is 0 Å². The molecule has 0 spiro atoms. The van der Waals surface area contributed by atoms with Gasteiger partial charge in [-0.05, 0) is 61.4 Å². The van der Waals surface area contributed by atoms with Gasteiger partial charge < -0.3 is 26.0 Å². The van der Waals surface area contributed by atoms with Gasteiger partial charge in [-0.25, -0.2) is 4.39 Å². The summed E-state index contributed by atoms with van der Waals surface area (Å²) >= 11 is 0. The summed E-state index contributed by atoms with van der Waals surface area (Å²) in [5.41, 5.74) is 1.11. The first kappa shape index (κ1) is 29.6. The zero-order valence-corrected chi connectivity index (χ0v) is 22.4. The number of nitrogens with one attached hydrogen (secondary N) is 4. The molecule has 0 bridgehead atoms. The van der Waals surface area contributed by atoms with Crippen molar-refractivity contribution in [1.29, 1.82) is 0 Å². The molecule has 1 unspecified atom stereocenters. The number of hydrogen-bond acceptors (Lipinski definition) is 5. The largest absolute Gasteiger partial charge is 0.493 e. The van der Waals surface area contributed by atoms with Crippen LogP contribution in [-0.4, -0.2) is 55.4 Å². The van der Waals surface area contributed by atoms with E-state index in [4.69, 9.17) is 4.74 Å². The molecule has 4 amide bonds. The summed E-state index contributed by atoms with van der Waals surface area (Å²) in [7, 11) is 0. The number of amides is 4. The van der Waals surface area contributed by atoms with Crippen molar-refractivity contribution >= 4 is 23.6 Å². The second-order valence-electron chi connectivity index (χ2n) is 9.97. The van der Waals surface area contributed by atoms with Crippen molar-refractivity contribution in [3.05, 3.63) is 65.5 Å². The number of fused-ring (bicyclic) bond motifs is 1. The minimum absolute atomic E-state index is 0.0268. The third-order valence-corrected chi connectivity index (χ3v) is 6.28. The molecule has 0 aliphatic carbocycles. The van der Waals surface area contributed by atoms with Gasteiger partial charge in [0, 0.05) is 19.5 Å². The van der Waals surface area contributed by atoms with Crippen LogP contribution in [0.2, 0.25) is 0 Å². The van der Waals surface area contributed by atoms with Gasteiger partial charge in [0.15, 0.2) is 0 Å². The SMILES string of the molecule is CC(C)CC1NC(=O)CC[C@@H](C(=O)NCCc2ccc(F)cc2)NC(=O)c2ccccc2OCCCNC1=O. The summed E-state index contributed by atoms with van der Waals surface area (Å²) in [5.74, 6) is -1.41. The van der Waals surface area contributed by atoms with Gasteiger partial charge in [-0.15, -0.1) is 0 Å². The van der Waals surface area contributed by atoms with Crippen molar-refractivity contribution in [2.75, 3.05) is 19.7 Å². The summed E-state index contributed by atoms with van der Waals surface area (Å²) < 4.78 is 19.0. The third-order valence-electron chi connectivity index (χ3n) is 6.28. The lowest BCUT2D eigenvalue weighted by atomic mass is 10.0. The Kier molecular flexibility index (Phi) is 11.3. The maximum atomic E-state index is 13.2. The number of halogens is 1. The normalized spacial score (nSPS) is 19.2. The van der Waals surface area contributed by atoms with E-state index in [0.29, 0.717) is 31.6 Å². The maximum Gasteiger partial charge on any atom is 0.255 e. The average molecular weight is 541 g/mol. The van der Waals surface area contributed by atoms with Gasteiger partial charge in [0.05, 0.1) is 12.2 Å². The lowest BCUT2D eigenvalue weighted by molar-refractivity contribution is -0.129. The fourth-order valence-electron chi connectivity index (χ4n) is 4.22. The second kappa shape index (κ2) is 14.8. The van der Waals surface area contributed by atoms with E-state index in [1.165, 1.54) is 12.1 Å². The maximum absolute atomic E-state index is 13.2. The molecule has 0 saturated heterocycles. The fourth-order valence-corrected chi connectivity index (χ4v) is 4.22. The van der Waals surface area contributed by atoms with Crippen LogP contribution < -0.4 is 26.0 Å². The molecule has 3 rings (SSSR count). The summed E-state index contributed by atoms with van der Waals surface area (Å²) in [6.45, 7) is 4.81. The van der Waals surface area contributed by atoms with E-state index in [9.17, 15) is 23.6 Å². The summed E-state index contributed by atoms with van der Waals surface area (Å²) in [6.07, 6.45) is 1.39. The molecule has 10 heteroatoms. The molecule has 0 aromatic heterocycles. The Balaban J connectivity index is 1.75. The molecule has 39 heavy (non-hydrogen) atoms. The number of hydrogen-bond donors (Lipinski definition) is 4. The molecule has 4 N–H and O–H groups in total. The third kappa shape index (κ3) is 9.70. The highest BCUT2D eigenvalue weighted by molar-refractivity contribution is 5.99. The zero-order valence-electron chi connectivity index (χ0n) is 22.4. The topological polar surface area (TPSA) is 126 Å². The first-order valence-corrected chi connectivity index (χ1v) is 13.3. The first-order chi connectivity index (χ1) is 18.7. The van der Waals surface area contributed by atoms with Crippen molar-refractivity contribution in [3.8, 4) is 5.75 Å². The second-order valence-corrected chi connectivity index (χ2v) is 9.97. The Morgan fingerprint density at radius 1 is 1.08 bits per heavy atom. The van der Waals surface area contributed by atoms with Crippen LogP contribution in [0.3, 0.4) is 0 Å². The van der Waals surface area contributed by atoms with E-state index < -0.39 is 23.9 Å². The van der Waals surface area contributed by atoms with Gasteiger partial charge in [0.1, 0.15) is 23.7 Å². The van der Waals surface area contributed by atoms with E-state index in [1.807, 2.05) is 13.8 Å². The molecular formula is C29H37FN4O5. The highest BCUT2D eigenvalue weighted by atomic mass is 19.1. The van der Waals surface area contributed by atoms with Crippen LogP contribution in [0, 0.1) is 11.7 Å². The van der Waals surface area contributed by atoms with E-state index in [0.717, 1.165) is 5.56 Å². The standard InChI is InChI=1S/C29H37FN4O5/c1-19(2)18-24-29(38)31-15-5-17-39-25-7-4-3-6-22(25)27(36)34-23(12-13-26(35)33-24)28(37)32-16-14-20-8-10-21(30)11-9-20/h3-4,6-11,19,23-24H,5,12-18H2,1-2H3,(H,31,38)(H,32,37)(H,33,35)(H,34,36)/t23-,24?/m0/s1. The molecule has 1 aliphatic rings. The molecule has 2 aromatic rings. The Morgan fingerprint density at radius 3 is 2.56 bits per heavy atom. The molecule has 1 heterocycles. The van der Waals surface area contributed by atoms with Crippen LogP contribution in [0.25, 0.3) is 0 Å². The zero-order chi connectivity index (χ0) is 28.2. The minimum atomic E-state index is -1.00. The summed E-state index contributed by atoms with van der Waals surface area (Å²) in [6, 6.07) is 11.0. The summed E-state index contributed by atoms with van der Waals surface area (Å²) in [5, 5.41) is 11.2. The Labute approximate surface area is 228 Å². The number of para-hydroxylation sites is 1. The van der Waals surface area contributed by atoms with Crippen LogP contribution in [0.1, 0.15) is 55.5 Å². The number of ether oxygens (including phenoxy) is 1. The Hall–Kier alpha value is -3.95. The molecule has 2 atom stereocenters. The number of carbonyl (C=O) groups is 4.